The molecule has 4 heterocycles. The summed E-state index contributed by atoms with van der Waals surface area (Å²) in [6.07, 6.45) is 1.21. The van der Waals surface area contributed by atoms with Crippen LogP contribution in [0, 0.1) is 12.5 Å². The van der Waals surface area contributed by atoms with Crippen molar-refractivity contribution in [3.05, 3.63) is 94.3 Å². The molecular weight excluding hydrogens is 536 g/mol. The minimum Gasteiger partial charge on any atom is -0.326 e. The third-order valence-corrected chi connectivity index (χ3v) is 6.67. The Labute approximate surface area is 225 Å². The average Bonchev–Trinajstić information content (AvgIpc) is 3.87. The van der Waals surface area contributed by atoms with Crippen molar-refractivity contribution in [2.45, 2.75) is 56.5 Å². The highest BCUT2D eigenvalue weighted by atomic mass is 19.4. The number of halogens is 6. The Morgan fingerprint density at radius 3 is 2.00 bits per heavy atom. The highest BCUT2D eigenvalue weighted by molar-refractivity contribution is 6.06. The Morgan fingerprint density at radius 2 is 1.52 bits per heavy atom. The predicted molar refractivity (Wildman–Crippen MR) is 133 cm³/mol. The van der Waals surface area contributed by atoms with Crippen LogP contribution in [0.4, 0.5) is 26.3 Å². The van der Waals surface area contributed by atoms with Crippen LogP contribution in [0.1, 0.15) is 65.9 Å². The van der Waals surface area contributed by atoms with Crippen molar-refractivity contribution in [3.63, 3.8) is 0 Å². The summed E-state index contributed by atoms with van der Waals surface area (Å²) in [7, 11) is 0. The van der Waals surface area contributed by atoms with Gasteiger partial charge in [-0.05, 0) is 61.4 Å². The highest BCUT2D eigenvalue weighted by Crippen LogP contribution is 2.41. The van der Waals surface area contributed by atoms with E-state index in [0.29, 0.717) is 35.3 Å². The molecule has 0 saturated heterocycles. The van der Waals surface area contributed by atoms with E-state index in [2.05, 4.69) is 24.9 Å². The maximum atomic E-state index is 12.5. The number of allylic oxidation sites excluding steroid dienone is 1. The lowest BCUT2D eigenvalue weighted by molar-refractivity contribution is -0.142. The molecule has 40 heavy (non-hydrogen) atoms. The van der Waals surface area contributed by atoms with Crippen molar-refractivity contribution < 1.29 is 26.3 Å². The zero-order valence-electron chi connectivity index (χ0n) is 20.9. The molecule has 208 valence electrons. The van der Waals surface area contributed by atoms with Crippen LogP contribution in [0.3, 0.4) is 0 Å². The largest absolute Gasteiger partial charge is 0.433 e. The first kappa shape index (κ1) is 27.5. The van der Waals surface area contributed by atoms with Crippen LogP contribution in [0.5, 0.6) is 0 Å². The second-order valence-corrected chi connectivity index (χ2v) is 9.73. The third-order valence-electron chi connectivity index (χ3n) is 6.67. The predicted octanol–water partition coefficient (Wildman–Crippen LogP) is 6.43. The number of aromatic nitrogens is 4. The molecule has 2 N–H and O–H groups in total. The first-order valence-corrected chi connectivity index (χ1v) is 12.5. The summed E-state index contributed by atoms with van der Waals surface area (Å²) in [6.45, 7) is 7.51. The fourth-order valence-corrected chi connectivity index (χ4v) is 4.28. The SMILES string of the molecule is NCc1cn(-c2ccc(C(F)(F)F)nc2)nc1C1CC1.[C-]#[N+]C1=CC(c2ccc(C(F)(F)F)nc2)N=C1C1CC1. The smallest absolute Gasteiger partial charge is 0.326 e. The Morgan fingerprint density at radius 1 is 0.900 bits per heavy atom. The minimum absolute atomic E-state index is 0.350. The Hall–Kier alpha value is -4.05. The zero-order valence-corrected chi connectivity index (χ0v) is 20.9. The van der Waals surface area contributed by atoms with Gasteiger partial charge in [0.25, 0.3) is 0 Å². The van der Waals surface area contributed by atoms with E-state index in [9.17, 15) is 26.3 Å². The number of aliphatic imine (C=N–C) groups is 1. The first-order chi connectivity index (χ1) is 19.0. The first-order valence-electron chi connectivity index (χ1n) is 12.5. The Kier molecular flexibility index (Phi) is 7.22. The summed E-state index contributed by atoms with van der Waals surface area (Å²) >= 11 is 0. The second-order valence-electron chi connectivity index (χ2n) is 9.73. The molecule has 13 heteroatoms. The molecule has 3 aromatic rings. The van der Waals surface area contributed by atoms with Crippen molar-refractivity contribution in [3.8, 4) is 5.69 Å². The van der Waals surface area contributed by atoms with E-state index in [1.807, 2.05) is 0 Å². The van der Waals surface area contributed by atoms with Crippen LogP contribution in [0.2, 0.25) is 0 Å². The van der Waals surface area contributed by atoms with Crippen molar-refractivity contribution in [1.82, 2.24) is 19.7 Å². The third kappa shape index (κ3) is 6.07. The molecule has 0 amide bonds. The number of hydrogen-bond acceptors (Lipinski definition) is 5. The van der Waals surface area contributed by atoms with Gasteiger partial charge in [-0.1, -0.05) is 6.07 Å². The summed E-state index contributed by atoms with van der Waals surface area (Å²) in [5.41, 5.74) is 8.14. The lowest BCUT2D eigenvalue weighted by Crippen LogP contribution is -2.08. The van der Waals surface area contributed by atoms with Gasteiger partial charge >= 0.3 is 12.4 Å². The van der Waals surface area contributed by atoms with Crippen LogP contribution in [0.25, 0.3) is 10.5 Å². The van der Waals surface area contributed by atoms with E-state index < -0.39 is 23.7 Å². The maximum absolute atomic E-state index is 12.5. The van der Waals surface area contributed by atoms with Crippen LogP contribution < -0.4 is 5.73 Å². The fraction of sp³-hybridized carbons (Fsp3) is 0.370. The quantitative estimate of drug-likeness (QED) is 0.288. The van der Waals surface area contributed by atoms with Gasteiger partial charge in [-0.3, -0.25) is 9.98 Å². The number of nitrogens with two attached hydrogens (primary N) is 1. The minimum atomic E-state index is -4.44. The van der Waals surface area contributed by atoms with E-state index in [4.69, 9.17) is 12.3 Å². The van der Waals surface area contributed by atoms with Gasteiger partial charge in [0, 0.05) is 36.1 Å². The normalized spacial score (nSPS) is 18.9. The number of pyridine rings is 2. The molecule has 1 aliphatic heterocycles. The molecule has 0 radical (unpaired) electrons. The molecule has 1 unspecified atom stereocenters. The molecule has 7 nitrogen and oxygen atoms in total. The van der Waals surface area contributed by atoms with Crippen molar-refractivity contribution in [1.29, 1.82) is 0 Å². The topological polar surface area (TPSA) is 86.3 Å². The van der Waals surface area contributed by atoms with Crippen molar-refractivity contribution >= 4 is 5.71 Å². The molecule has 3 aliphatic rings. The fourth-order valence-electron chi connectivity index (χ4n) is 4.28. The number of nitrogens with zero attached hydrogens (tertiary/aromatic N) is 6. The van der Waals surface area contributed by atoms with E-state index in [0.717, 1.165) is 54.8 Å². The lowest BCUT2D eigenvalue weighted by atomic mass is 10.1. The molecule has 2 saturated carbocycles. The number of hydrogen-bond donors (Lipinski definition) is 1. The van der Waals surface area contributed by atoms with Gasteiger partial charge < -0.3 is 5.73 Å². The van der Waals surface area contributed by atoms with Gasteiger partial charge in [0.2, 0.25) is 5.70 Å². The molecule has 3 aromatic heterocycles. The lowest BCUT2D eigenvalue weighted by Gasteiger charge is -2.08. The summed E-state index contributed by atoms with van der Waals surface area (Å²) in [5.74, 6) is 0.792. The van der Waals surface area contributed by atoms with Gasteiger partial charge in [-0.2, -0.15) is 31.4 Å². The van der Waals surface area contributed by atoms with Gasteiger partial charge in [-0.25, -0.2) is 14.5 Å². The van der Waals surface area contributed by atoms with Crippen LogP contribution in [-0.4, -0.2) is 25.5 Å². The highest BCUT2D eigenvalue weighted by Gasteiger charge is 2.36. The van der Waals surface area contributed by atoms with Gasteiger partial charge in [0.1, 0.15) is 11.4 Å². The van der Waals surface area contributed by atoms with Crippen LogP contribution in [-0.2, 0) is 18.9 Å². The molecule has 1 atom stereocenters. The Bertz CT molecular complexity index is 1470. The van der Waals surface area contributed by atoms with Gasteiger partial charge in [0.15, 0.2) is 0 Å². The van der Waals surface area contributed by atoms with E-state index in [-0.39, 0.29) is 6.04 Å². The standard InChI is InChI=1S/C14H10F3N3.C13H13F3N4/c1-18-11-6-10(20-13(11)8-2-3-8)9-4-5-12(19-7-9)14(15,16)17;14-13(15,16)11-4-3-10(6-18-11)20-7-9(5-17)12(19-20)8-1-2-8/h4-8,10H,2-3H2;3-4,6-8H,1-2,5,17H2. The molecule has 0 spiro atoms. The molecule has 2 fully saturated rings. The van der Waals surface area contributed by atoms with E-state index in [1.165, 1.54) is 24.5 Å². The summed E-state index contributed by atoms with van der Waals surface area (Å²) in [4.78, 5) is 14.8. The maximum Gasteiger partial charge on any atom is 0.433 e. The summed E-state index contributed by atoms with van der Waals surface area (Å²) in [6, 6.07) is 4.25. The molecule has 0 aromatic carbocycles. The summed E-state index contributed by atoms with van der Waals surface area (Å²) < 4.78 is 76.3. The second kappa shape index (κ2) is 10.5. The van der Waals surface area contributed by atoms with Gasteiger partial charge in [-0.15, -0.1) is 0 Å². The van der Waals surface area contributed by atoms with E-state index in [1.54, 1.807) is 17.0 Å². The monoisotopic (exact) mass is 559 g/mol. The number of alkyl halides is 6. The Balaban J connectivity index is 0.000000161. The molecule has 0 bridgehead atoms. The van der Waals surface area contributed by atoms with Crippen molar-refractivity contribution in [2.24, 2.45) is 16.6 Å². The van der Waals surface area contributed by atoms with Crippen LogP contribution >= 0.6 is 0 Å². The molecule has 2 aliphatic carbocycles. The molecule has 6 rings (SSSR count). The van der Waals surface area contributed by atoms with Crippen LogP contribution in [0.15, 0.2) is 59.6 Å². The average molecular weight is 560 g/mol. The van der Waals surface area contributed by atoms with Gasteiger partial charge in [0.05, 0.1) is 30.2 Å². The van der Waals surface area contributed by atoms with E-state index >= 15 is 0 Å². The number of rotatable bonds is 5. The summed E-state index contributed by atoms with van der Waals surface area (Å²) in [5, 5.41) is 4.42. The molecular formula is C27H23F6N7. The van der Waals surface area contributed by atoms with Crippen molar-refractivity contribution in [2.75, 3.05) is 0 Å². The zero-order chi connectivity index (χ0) is 28.7.